The third-order valence-electron chi connectivity index (χ3n) is 5.04. The molecule has 0 saturated heterocycles. The molecular formula is C27H37N2NaO4S. The van der Waals surface area contributed by atoms with E-state index in [9.17, 15) is 4.79 Å². The number of hydrogen-bond donors (Lipinski definition) is 2. The number of anilines is 2. The minimum absolute atomic E-state index is 0. The van der Waals surface area contributed by atoms with Gasteiger partial charge in [0.25, 0.3) is 0 Å². The minimum atomic E-state index is -0.204. The Hall–Kier alpha value is -2.06. The Morgan fingerprint density at radius 2 is 1.34 bits per heavy atom. The smallest absolute Gasteiger partial charge is 1.00 e. The Labute approximate surface area is 238 Å². The van der Waals surface area contributed by atoms with Crippen molar-refractivity contribution in [2.75, 3.05) is 30.5 Å². The molecule has 2 N–H and O–H groups in total. The third-order valence-corrected chi connectivity index (χ3v) is 5.24. The standard InChI is InChI=1S/C17H20N2O2S.C10H16O2.Na.H/c1-3-20-15-9-5-13(6-10-15)18-17(22)19-14-7-11-16(12-8-14)21-4-2;1-2-12-10(11)8-7-9-5-3-4-6-9;;/h5-12H,3-4H2,1-2H3,(H2,18,19,22);7-9H,2-6H2,1H3;;/q;;+1;-1/b;8-7+;;. The largest absolute Gasteiger partial charge is 1.00 e. The number of benzene rings is 2. The van der Waals surface area contributed by atoms with Crippen LogP contribution in [-0.2, 0) is 9.53 Å². The first-order valence-corrected chi connectivity index (χ1v) is 12.3. The molecule has 0 spiro atoms. The zero-order chi connectivity index (χ0) is 24.6. The summed E-state index contributed by atoms with van der Waals surface area (Å²) in [5.74, 6) is 2.11. The van der Waals surface area contributed by atoms with Gasteiger partial charge in [0, 0.05) is 17.5 Å². The number of esters is 1. The van der Waals surface area contributed by atoms with Gasteiger partial charge in [-0.15, -0.1) is 0 Å². The second kappa shape index (κ2) is 18.2. The van der Waals surface area contributed by atoms with Gasteiger partial charge in [-0.1, -0.05) is 18.9 Å². The van der Waals surface area contributed by atoms with Gasteiger partial charge in [-0.3, -0.25) is 0 Å². The van der Waals surface area contributed by atoms with E-state index in [-0.39, 0.29) is 37.0 Å². The molecule has 186 valence electrons. The average Bonchev–Trinajstić information content (AvgIpc) is 3.35. The minimum Gasteiger partial charge on any atom is -1.00 e. The molecule has 1 aliphatic rings. The number of thiocarbonyl (C=S) groups is 1. The molecule has 0 aromatic heterocycles. The van der Waals surface area contributed by atoms with Crippen LogP contribution in [0, 0.1) is 5.92 Å². The molecular weight excluding hydrogens is 471 g/mol. The van der Waals surface area contributed by atoms with Crippen LogP contribution in [0.4, 0.5) is 11.4 Å². The van der Waals surface area contributed by atoms with Crippen molar-refractivity contribution in [1.82, 2.24) is 0 Å². The Morgan fingerprint density at radius 3 is 1.74 bits per heavy atom. The SMILES string of the molecule is CCOC(=O)/C=C/C1CCCC1.CCOc1ccc(NC(=S)Nc2ccc(OCC)cc2)cc1.[H-].[Na+]. The van der Waals surface area contributed by atoms with E-state index >= 15 is 0 Å². The summed E-state index contributed by atoms with van der Waals surface area (Å²) >= 11 is 5.30. The molecule has 1 aliphatic carbocycles. The van der Waals surface area contributed by atoms with Crippen molar-refractivity contribution >= 4 is 34.7 Å². The second-order valence-corrected chi connectivity index (χ2v) is 8.06. The van der Waals surface area contributed by atoms with Gasteiger partial charge in [0.1, 0.15) is 11.5 Å². The van der Waals surface area contributed by atoms with Crippen LogP contribution in [0.5, 0.6) is 11.5 Å². The predicted molar refractivity (Wildman–Crippen MR) is 144 cm³/mol. The molecule has 2 aromatic carbocycles. The molecule has 8 heteroatoms. The van der Waals surface area contributed by atoms with Crippen molar-refractivity contribution < 1.29 is 50.0 Å². The van der Waals surface area contributed by atoms with Gasteiger partial charge in [-0.2, -0.15) is 0 Å². The number of nitrogens with one attached hydrogen (secondary N) is 2. The summed E-state index contributed by atoms with van der Waals surface area (Å²) in [6.07, 6.45) is 8.63. The molecule has 1 fully saturated rings. The number of allylic oxidation sites excluding steroid dienone is 1. The first-order chi connectivity index (χ1) is 16.5. The third kappa shape index (κ3) is 13.0. The van der Waals surface area contributed by atoms with E-state index in [1.807, 2.05) is 75.4 Å². The summed E-state index contributed by atoms with van der Waals surface area (Å²) in [4.78, 5) is 10.9. The molecule has 0 unspecified atom stereocenters. The van der Waals surface area contributed by atoms with E-state index in [1.54, 1.807) is 6.08 Å². The summed E-state index contributed by atoms with van der Waals surface area (Å²) in [6.45, 7) is 7.52. The van der Waals surface area contributed by atoms with E-state index in [4.69, 9.17) is 26.4 Å². The Kier molecular flexibility index (Phi) is 16.1. The Bertz CT molecular complexity index is 851. The first-order valence-electron chi connectivity index (χ1n) is 11.9. The van der Waals surface area contributed by atoms with Crippen LogP contribution in [0.15, 0.2) is 60.7 Å². The maximum atomic E-state index is 10.9. The van der Waals surface area contributed by atoms with E-state index < -0.39 is 0 Å². The van der Waals surface area contributed by atoms with E-state index in [1.165, 1.54) is 25.7 Å². The monoisotopic (exact) mass is 508 g/mol. The van der Waals surface area contributed by atoms with Crippen LogP contribution in [0.1, 0.15) is 47.9 Å². The average molecular weight is 509 g/mol. The van der Waals surface area contributed by atoms with Gasteiger partial charge < -0.3 is 26.3 Å². The van der Waals surface area contributed by atoms with Crippen LogP contribution in [0.2, 0.25) is 0 Å². The number of hydrogen-bond acceptors (Lipinski definition) is 5. The molecule has 6 nitrogen and oxygen atoms in total. The molecule has 0 aliphatic heterocycles. The summed E-state index contributed by atoms with van der Waals surface area (Å²) in [5, 5.41) is 6.80. The molecule has 0 atom stereocenters. The molecule has 3 rings (SSSR count). The van der Waals surface area contributed by atoms with E-state index in [0.29, 0.717) is 30.9 Å². The van der Waals surface area contributed by atoms with Crippen molar-refractivity contribution in [3.8, 4) is 11.5 Å². The number of carbonyl (C=O) groups excluding carboxylic acids is 1. The van der Waals surface area contributed by atoms with Crippen molar-refractivity contribution in [2.45, 2.75) is 46.5 Å². The van der Waals surface area contributed by atoms with Crippen molar-refractivity contribution in [3.63, 3.8) is 0 Å². The van der Waals surface area contributed by atoms with Crippen molar-refractivity contribution in [1.29, 1.82) is 0 Å². The molecule has 0 radical (unpaired) electrons. The van der Waals surface area contributed by atoms with Crippen LogP contribution >= 0.6 is 12.2 Å². The van der Waals surface area contributed by atoms with Crippen molar-refractivity contribution in [3.05, 3.63) is 60.7 Å². The summed E-state index contributed by atoms with van der Waals surface area (Å²) in [7, 11) is 0. The van der Waals surface area contributed by atoms with Crippen LogP contribution in [-0.4, -0.2) is 30.9 Å². The fraction of sp³-hybridized carbons (Fsp3) is 0.407. The fourth-order valence-corrected chi connectivity index (χ4v) is 3.69. The molecule has 35 heavy (non-hydrogen) atoms. The number of carbonyl (C=O) groups is 1. The van der Waals surface area contributed by atoms with Gasteiger partial charge >= 0.3 is 35.5 Å². The predicted octanol–water partition coefficient (Wildman–Crippen LogP) is 3.71. The molecule has 0 amide bonds. The number of ether oxygens (including phenoxy) is 3. The maximum Gasteiger partial charge on any atom is 1.00 e. The molecule has 0 bridgehead atoms. The molecule has 0 heterocycles. The zero-order valence-electron chi connectivity index (χ0n) is 22.3. The summed E-state index contributed by atoms with van der Waals surface area (Å²) in [5.41, 5.74) is 1.82. The van der Waals surface area contributed by atoms with Crippen LogP contribution in [0.25, 0.3) is 0 Å². The van der Waals surface area contributed by atoms with E-state index in [0.717, 1.165) is 22.9 Å². The molecule has 2 aromatic rings. The maximum absolute atomic E-state index is 10.9. The van der Waals surface area contributed by atoms with Crippen LogP contribution in [0.3, 0.4) is 0 Å². The second-order valence-electron chi connectivity index (χ2n) is 7.65. The number of rotatable bonds is 9. The quantitative estimate of drug-likeness (QED) is 0.232. The zero-order valence-corrected chi connectivity index (χ0v) is 24.2. The van der Waals surface area contributed by atoms with Gasteiger partial charge in [-0.25, -0.2) is 4.79 Å². The van der Waals surface area contributed by atoms with E-state index in [2.05, 4.69) is 10.6 Å². The fourth-order valence-electron chi connectivity index (χ4n) is 3.45. The van der Waals surface area contributed by atoms with Gasteiger partial charge in [0.2, 0.25) is 0 Å². The molecule has 1 saturated carbocycles. The summed E-state index contributed by atoms with van der Waals surface area (Å²) in [6, 6.07) is 15.3. The van der Waals surface area contributed by atoms with Gasteiger partial charge in [-0.05, 0) is 100 Å². The Balaban J connectivity index is 0.000000750. The topological polar surface area (TPSA) is 68.8 Å². The van der Waals surface area contributed by atoms with Gasteiger partial charge in [0.05, 0.1) is 19.8 Å². The van der Waals surface area contributed by atoms with Gasteiger partial charge in [0.15, 0.2) is 5.11 Å². The first kappa shape index (κ1) is 31.0. The van der Waals surface area contributed by atoms with Crippen molar-refractivity contribution in [2.24, 2.45) is 5.92 Å². The normalized spacial score (nSPS) is 12.7. The Morgan fingerprint density at radius 1 is 0.886 bits per heavy atom. The van der Waals surface area contributed by atoms with Crippen LogP contribution < -0.4 is 49.7 Å². The summed E-state index contributed by atoms with van der Waals surface area (Å²) < 4.78 is 15.6.